The number of phenolic OH excluding ortho intramolecular Hbond substituents is 3. The summed E-state index contributed by atoms with van der Waals surface area (Å²) >= 11 is 0. The van der Waals surface area contributed by atoms with Crippen molar-refractivity contribution in [2.75, 3.05) is 31.9 Å². The highest BCUT2D eigenvalue weighted by molar-refractivity contribution is 7.86. The molecule has 0 atom stereocenters. The van der Waals surface area contributed by atoms with E-state index in [1.54, 1.807) is 31.2 Å². The molecule has 0 saturated heterocycles. The molecule has 0 heterocycles. The Labute approximate surface area is 855 Å². The fraction of sp³-hybridized carbons (Fsp3) is 0.0684. The molecule has 0 radical (unpaired) electrons. The molecule has 728 valence electrons. The first-order valence-electron chi connectivity index (χ1n) is 45.9. The van der Waals surface area contributed by atoms with Crippen LogP contribution in [0.1, 0.15) is 73.7 Å². The highest BCUT2D eigenvalue weighted by Crippen LogP contribution is 2.39. The number of benzene rings is 15. The van der Waals surface area contributed by atoms with E-state index in [2.05, 4.69) is 118 Å². The van der Waals surface area contributed by atoms with Gasteiger partial charge in [0.05, 0.1) is 74.1 Å². The minimum Gasteiger partial charge on any atom is -1.00 e. The van der Waals surface area contributed by atoms with Crippen LogP contribution in [0.2, 0.25) is 0 Å². The Kier molecular flexibility index (Phi) is 33.2. The summed E-state index contributed by atoms with van der Waals surface area (Å²) in [6.07, 6.45) is 28.4. The lowest BCUT2D eigenvalue weighted by Gasteiger charge is -2.14. The third-order valence-corrected chi connectivity index (χ3v) is 26.2. The number of para-hydroxylation sites is 1. The standard InChI is InChI=1S/C65H54N6O4S.C52H45N5O8S2.2ClH/c1-2-45-8-20-53(21-9-45)68-58-32-36-60(37-33-58)70-61-38-34-59(35-39-61)69-57-28-18-50(19-29-57)42-51-43-65(76(73,74)75)63(44-64(51)72)71-62-30-16-49(17-31-62)41-48-14-26-56(27-15-48)67-55-24-12-47(13-25-55)40-46-10-22-54(23-11-46)66-52-6-4-3-5-7-52;1-33-3-11-45(12-4-33)56-48-32-50(59)38(30-52(48)67(63,64)65)29-37-9-15-40(16-10-37)54-42-21-25-44(26-22-42)55-43-23-19-41(20-24-43)53-39-13-5-35(6-14-39)28-36-7-17-46(18-8-36)57-47-31-49(58)34(2)27-51(47)66(60,61)62;;/h3-40,43-44,66,68,71-72H,2,41-42H2,1H3,(H,73,74,75);3-27,30-32,54,56-59H,28-29H2,1-2H3,(H,60,61,62)(H,63,64,65);2*1H/p-2. The van der Waals surface area contributed by atoms with E-state index >= 15 is 0 Å². The molecule has 12 N–H and O–H groups in total. The van der Waals surface area contributed by atoms with Crippen LogP contribution in [-0.2, 0) is 62.5 Å². The molecule has 0 spiro atoms. The second kappa shape index (κ2) is 46.8. The topological polar surface area (TPSA) is 358 Å². The fourth-order valence-electron chi connectivity index (χ4n) is 15.8. The summed E-state index contributed by atoms with van der Waals surface area (Å²) in [7, 11) is -13.8. The van der Waals surface area contributed by atoms with Gasteiger partial charge in [0, 0.05) is 82.2 Å². The number of aryl methyl sites for hydroxylation is 3. The summed E-state index contributed by atoms with van der Waals surface area (Å²) in [6.45, 7) is 5.63. The average Bonchev–Trinajstić information content (AvgIpc) is 0.793. The van der Waals surface area contributed by atoms with Crippen molar-refractivity contribution < 1.29 is 79.0 Å². The van der Waals surface area contributed by atoms with E-state index in [1.807, 2.05) is 280 Å². The normalized spacial score (nSPS) is 12.5. The number of phenols is 3. The zero-order chi connectivity index (χ0) is 99.6. The Morgan fingerprint density at radius 1 is 0.262 bits per heavy atom. The van der Waals surface area contributed by atoms with Crippen molar-refractivity contribution in [3.05, 3.63) is 479 Å². The van der Waals surface area contributed by atoms with E-state index in [4.69, 9.17) is 25.0 Å². The molecule has 0 fully saturated rings. The maximum atomic E-state index is 12.7. The Hall–Kier alpha value is -16.7. The third kappa shape index (κ3) is 28.8. The Morgan fingerprint density at radius 2 is 0.503 bits per heavy atom. The molecule has 145 heavy (non-hydrogen) atoms. The zero-order valence-electron chi connectivity index (χ0n) is 78.6. The molecule has 18 rings (SSSR count). The van der Waals surface area contributed by atoms with Crippen molar-refractivity contribution >= 4 is 162 Å². The van der Waals surface area contributed by atoms with E-state index < -0.39 is 30.4 Å². The predicted octanol–water partition coefficient (Wildman–Crippen LogP) is 21.5. The molecule has 0 aromatic heterocycles. The van der Waals surface area contributed by atoms with Crippen molar-refractivity contribution in [3.8, 4) is 17.2 Å². The van der Waals surface area contributed by atoms with Crippen LogP contribution < -0.4 is 56.7 Å². The zero-order valence-corrected chi connectivity index (χ0v) is 82.6. The number of hydrogen-bond acceptors (Lipinski definition) is 20. The van der Waals surface area contributed by atoms with Crippen molar-refractivity contribution in [1.82, 2.24) is 0 Å². The van der Waals surface area contributed by atoms with E-state index in [0.29, 0.717) is 46.6 Å². The minimum absolute atomic E-state index is 0. The van der Waals surface area contributed by atoms with Crippen molar-refractivity contribution in [3.63, 3.8) is 0 Å². The van der Waals surface area contributed by atoms with Gasteiger partial charge in [-0.05, 0) is 355 Å². The monoisotopic (exact) mass is 2020 g/mol. The molecule has 0 unspecified atom stereocenters. The van der Waals surface area contributed by atoms with Gasteiger partial charge >= 0.3 is 0 Å². The lowest BCUT2D eigenvalue weighted by atomic mass is 10.0. The van der Waals surface area contributed by atoms with Gasteiger partial charge in [-0.2, -0.15) is 25.3 Å². The van der Waals surface area contributed by atoms with Crippen LogP contribution in [0.15, 0.2) is 452 Å². The van der Waals surface area contributed by atoms with Crippen LogP contribution in [0, 0.1) is 13.8 Å². The summed E-state index contributed by atoms with van der Waals surface area (Å²) in [5, 5.41) is 51.3. The largest absolute Gasteiger partial charge is 1.00 e. The number of nitrogens with zero attached hydrogens (tertiary/aromatic N) is 5. The van der Waals surface area contributed by atoms with Crippen LogP contribution in [-0.4, -0.2) is 82.8 Å². The number of hydrogen-bond donors (Lipinski definition) is 12. The summed E-state index contributed by atoms with van der Waals surface area (Å²) in [6, 6.07) is 104. The molecule has 0 amide bonds. The van der Waals surface area contributed by atoms with E-state index in [0.717, 1.165) is 148 Å². The second-order valence-electron chi connectivity index (χ2n) is 34.4. The lowest BCUT2D eigenvalue weighted by molar-refractivity contribution is -0.001000. The van der Waals surface area contributed by atoms with Gasteiger partial charge in [-0.3, -0.25) is 13.7 Å². The summed E-state index contributed by atoms with van der Waals surface area (Å²) < 4.78 is 104. The smallest absolute Gasteiger partial charge is 0.296 e. The molecule has 0 saturated carbocycles. The van der Waals surface area contributed by atoms with Crippen molar-refractivity contribution in [1.29, 1.82) is 0 Å². The number of aliphatic imine (C=N–C) groups is 5. The minimum atomic E-state index is -4.67. The number of allylic oxidation sites excluding steroid dienone is 13. The summed E-state index contributed by atoms with van der Waals surface area (Å²) in [5.41, 5.74) is 27.2. The molecule has 0 aliphatic heterocycles. The Balaban J connectivity index is 0.000000217. The highest BCUT2D eigenvalue weighted by Gasteiger charge is 2.24. The van der Waals surface area contributed by atoms with E-state index in [9.17, 15) is 54.2 Å². The first-order valence-corrected chi connectivity index (χ1v) is 50.2. The van der Waals surface area contributed by atoms with Crippen LogP contribution in [0.3, 0.4) is 0 Å². The van der Waals surface area contributed by atoms with E-state index in [-0.39, 0.29) is 86.7 Å². The molecular weight excluding hydrogens is 1920 g/mol. The summed E-state index contributed by atoms with van der Waals surface area (Å²) in [5.74, 6) is -0.315. The molecule has 3 aliphatic rings. The maximum Gasteiger partial charge on any atom is 0.296 e. The van der Waals surface area contributed by atoms with Gasteiger partial charge in [0.1, 0.15) is 31.9 Å². The first-order chi connectivity index (χ1) is 69.0. The van der Waals surface area contributed by atoms with Crippen LogP contribution in [0.5, 0.6) is 17.2 Å². The van der Waals surface area contributed by atoms with Gasteiger partial charge in [-0.25, -0.2) is 25.0 Å². The molecule has 0 bridgehead atoms. The van der Waals surface area contributed by atoms with Crippen molar-refractivity contribution in [2.24, 2.45) is 25.0 Å². The molecule has 15 aromatic rings. The number of anilines is 12. The predicted molar refractivity (Wildman–Crippen MR) is 579 cm³/mol. The second-order valence-corrected chi connectivity index (χ2v) is 38.6. The summed E-state index contributed by atoms with van der Waals surface area (Å²) in [4.78, 5) is 22.8. The quantitative estimate of drug-likeness (QED) is 0.0147. The van der Waals surface area contributed by atoms with Gasteiger partial charge in [-0.15, -0.1) is 0 Å². The van der Waals surface area contributed by atoms with Gasteiger partial charge in [0.2, 0.25) is 0 Å². The van der Waals surface area contributed by atoms with Gasteiger partial charge < -0.3 is 72.0 Å². The highest BCUT2D eigenvalue weighted by atomic mass is 35.5. The van der Waals surface area contributed by atoms with Crippen molar-refractivity contribution in [2.45, 2.75) is 67.6 Å². The van der Waals surface area contributed by atoms with Gasteiger partial charge in [-0.1, -0.05) is 152 Å². The van der Waals surface area contributed by atoms with Gasteiger partial charge in [0.15, 0.2) is 0 Å². The first kappa shape index (κ1) is 103. The molecular formula is C117H99Cl2N11O12S3-2. The van der Waals surface area contributed by atoms with Gasteiger partial charge in [0.25, 0.3) is 30.4 Å². The Bertz CT molecular complexity index is 7960. The fourth-order valence-corrected chi connectivity index (χ4v) is 17.9. The molecule has 15 aromatic carbocycles. The Morgan fingerprint density at radius 3 is 0.814 bits per heavy atom. The SMILES string of the molecule is CCc1ccc(Nc2ccc(N=C3C=CC(=Nc4ccc(Cc5cc(S(=O)(=O)O)c(Nc6ccc(Cc7ccc(N=C8C=CC(=Cc9ccc(Nc%10ccccc%10)cc9)C=C8)cc7)cc6)cc5O)cc4)C=C3)cc2)cc1.Cc1ccc(Nc2cc(O)c(Cc3ccc(Nc4ccc(N=C5C=CC(=Nc6ccc(Cc7ccc(Nc8cc(O)c(C)cc8S(=O)(=O)O)cc7)cc6)C=C5)cc4)cc3)cc2S(=O)(=O)O)cc1.[Cl-].[Cl-]. The third-order valence-electron chi connectivity index (χ3n) is 23.5. The number of rotatable bonds is 30. The molecule has 28 heteroatoms. The van der Waals surface area contributed by atoms with Crippen LogP contribution in [0.4, 0.5) is 96.7 Å². The molecule has 3 aliphatic carbocycles. The van der Waals surface area contributed by atoms with Crippen LogP contribution >= 0.6 is 0 Å². The number of halogens is 2. The number of aromatic hydroxyl groups is 3. The lowest BCUT2D eigenvalue weighted by Crippen LogP contribution is -3.00. The molecule has 23 nitrogen and oxygen atoms in total. The average molecular weight is 2020 g/mol. The van der Waals surface area contributed by atoms with E-state index in [1.165, 1.54) is 42.0 Å². The van der Waals surface area contributed by atoms with Crippen LogP contribution in [0.25, 0.3) is 6.08 Å². The maximum absolute atomic E-state index is 12.7. The number of nitrogens with one attached hydrogen (secondary N) is 6.